The van der Waals surface area contributed by atoms with E-state index in [1.165, 1.54) is 12.1 Å². The Morgan fingerprint density at radius 2 is 1.77 bits per heavy atom. The fourth-order valence-corrected chi connectivity index (χ4v) is 2.14. The quantitative estimate of drug-likeness (QED) is 0.826. The van der Waals surface area contributed by atoms with Crippen molar-refractivity contribution in [2.75, 3.05) is 11.9 Å². The maximum absolute atomic E-state index is 12.9. The number of unbranched alkanes of at least 4 members (excludes halogenated alkanes) is 1. The van der Waals surface area contributed by atoms with Crippen LogP contribution in [0.25, 0.3) is 0 Å². The van der Waals surface area contributed by atoms with E-state index in [0.29, 0.717) is 18.8 Å². The molecule has 0 spiro atoms. The number of amides is 2. The maximum Gasteiger partial charge on any atom is 0.322 e. The van der Waals surface area contributed by atoms with E-state index < -0.39 is 0 Å². The second-order valence-electron chi connectivity index (χ2n) is 5.20. The van der Waals surface area contributed by atoms with Gasteiger partial charge in [0, 0.05) is 18.8 Å². The van der Waals surface area contributed by atoms with Crippen LogP contribution >= 0.6 is 0 Å². The number of nitrogens with zero attached hydrogens (tertiary/aromatic N) is 1. The number of nitrogens with one attached hydrogen (secondary N) is 1. The molecule has 0 fully saturated rings. The minimum absolute atomic E-state index is 0.163. The Labute approximate surface area is 130 Å². The molecule has 1 N–H and O–H groups in total. The van der Waals surface area contributed by atoms with Crippen LogP contribution in [0, 0.1) is 5.82 Å². The molecule has 2 rings (SSSR count). The topological polar surface area (TPSA) is 32.3 Å². The first-order valence-electron chi connectivity index (χ1n) is 7.54. The fraction of sp³-hybridized carbons (Fsp3) is 0.278. The molecule has 0 aliphatic heterocycles. The predicted octanol–water partition coefficient (Wildman–Crippen LogP) is 4.66. The van der Waals surface area contributed by atoms with Gasteiger partial charge in [0.2, 0.25) is 0 Å². The molecule has 0 saturated heterocycles. The van der Waals surface area contributed by atoms with Crippen LogP contribution in [0.3, 0.4) is 0 Å². The SMILES string of the molecule is CCCCN(Cc1ccccc1)C(=O)Nc1ccc(F)cc1. The lowest BCUT2D eigenvalue weighted by Gasteiger charge is -2.23. The normalized spacial score (nSPS) is 10.3. The zero-order chi connectivity index (χ0) is 15.8. The van der Waals surface area contributed by atoms with Crippen molar-refractivity contribution < 1.29 is 9.18 Å². The van der Waals surface area contributed by atoms with Crippen molar-refractivity contribution >= 4 is 11.7 Å². The van der Waals surface area contributed by atoms with E-state index in [-0.39, 0.29) is 11.8 Å². The summed E-state index contributed by atoms with van der Waals surface area (Å²) < 4.78 is 12.9. The van der Waals surface area contributed by atoms with Crippen LogP contribution < -0.4 is 5.32 Å². The standard InChI is InChI=1S/C18H21FN2O/c1-2-3-13-21(14-15-7-5-4-6-8-15)18(22)20-17-11-9-16(19)10-12-17/h4-12H,2-3,13-14H2,1H3,(H,20,22). The summed E-state index contributed by atoms with van der Waals surface area (Å²) in [6.45, 7) is 3.35. The molecule has 22 heavy (non-hydrogen) atoms. The molecule has 0 atom stereocenters. The highest BCUT2D eigenvalue weighted by molar-refractivity contribution is 5.89. The van der Waals surface area contributed by atoms with Crippen LogP contribution in [0.2, 0.25) is 0 Å². The summed E-state index contributed by atoms with van der Waals surface area (Å²) in [4.78, 5) is 14.2. The molecule has 3 nitrogen and oxygen atoms in total. The lowest BCUT2D eigenvalue weighted by atomic mass is 10.2. The van der Waals surface area contributed by atoms with Gasteiger partial charge >= 0.3 is 6.03 Å². The van der Waals surface area contributed by atoms with Gasteiger partial charge in [-0.1, -0.05) is 43.7 Å². The third kappa shape index (κ3) is 4.88. The highest BCUT2D eigenvalue weighted by atomic mass is 19.1. The van der Waals surface area contributed by atoms with Gasteiger partial charge in [-0.25, -0.2) is 9.18 Å². The second kappa shape index (κ2) is 8.17. The average Bonchev–Trinajstić information content (AvgIpc) is 2.54. The van der Waals surface area contributed by atoms with Gasteiger partial charge in [-0.15, -0.1) is 0 Å². The van der Waals surface area contributed by atoms with E-state index in [1.54, 1.807) is 17.0 Å². The molecule has 0 unspecified atom stereocenters. The van der Waals surface area contributed by atoms with Gasteiger partial charge in [-0.3, -0.25) is 0 Å². The molecule has 0 aromatic heterocycles. The third-order valence-electron chi connectivity index (χ3n) is 3.38. The molecular weight excluding hydrogens is 279 g/mol. The van der Waals surface area contributed by atoms with E-state index in [1.807, 2.05) is 30.3 Å². The van der Waals surface area contributed by atoms with Crippen LogP contribution in [-0.4, -0.2) is 17.5 Å². The first-order chi connectivity index (χ1) is 10.7. The number of hydrogen-bond acceptors (Lipinski definition) is 1. The number of halogens is 1. The van der Waals surface area contributed by atoms with Crippen LogP contribution in [0.1, 0.15) is 25.3 Å². The summed E-state index contributed by atoms with van der Waals surface area (Å²) in [7, 11) is 0. The molecule has 2 aromatic rings. The Morgan fingerprint density at radius 1 is 1.09 bits per heavy atom. The van der Waals surface area contributed by atoms with E-state index in [4.69, 9.17) is 0 Å². The zero-order valence-electron chi connectivity index (χ0n) is 12.8. The van der Waals surface area contributed by atoms with Gasteiger partial charge in [-0.05, 0) is 36.2 Å². The molecule has 0 aliphatic carbocycles. The average molecular weight is 300 g/mol. The summed E-state index contributed by atoms with van der Waals surface area (Å²) >= 11 is 0. The largest absolute Gasteiger partial charge is 0.322 e. The minimum Gasteiger partial charge on any atom is -0.320 e. The zero-order valence-corrected chi connectivity index (χ0v) is 12.8. The fourth-order valence-electron chi connectivity index (χ4n) is 2.14. The van der Waals surface area contributed by atoms with E-state index >= 15 is 0 Å². The molecule has 2 aromatic carbocycles. The Kier molecular flexibility index (Phi) is 5.95. The first-order valence-corrected chi connectivity index (χ1v) is 7.54. The molecular formula is C18H21FN2O. The molecule has 0 heterocycles. The minimum atomic E-state index is -0.315. The van der Waals surface area contributed by atoms with E-state index in [2.05, 4.69) is 12.2 Å². The number of rotatable bonds is 6. The van der Waals surface area contributed by atoms with Crippen LogP contribution in [0.5, 0.6) is 0 Å². The van der Waals surface area contributed by atoms with Gasteiger partial charge in [0.15, 0.2) is 0 Å². The van der Waals surface area contributed by atoms with Gasteiger partial charge < -0.3 is 10.2 Å². The highest BCUT2D eigenvalue weighted by Gasteiger charge is 2.13. The van der Waals surface area contributed by atoms with Crippen LogP contribution in [0.4, 0.5) is 14.9 Å². The third-order valence-corrected chi connectivity index (χ3v) is 3.38. The molecule has 2 amide bonds. The summed E-state index contributed by atoms with van der Waals surface area (Å²) in [5.74, 6) is -0.315. The van der Waals surface area contributed by atoms with E-state index in [9.17, 15) is 9.18 Å². The molecule has 0 saturated carbocycles. The van der Waals surface area contributed by atoms with Crippen molar-refractivity contribution in [3.63, 3.8) is 0 Å². The van der Waals surface area contributed by atoms with Gasteiger partial charge in [0.25, 0.3) is 0 Å². The number of urea groups is 1. The van der Waals surface area contributed by atoms with Crippen LogP contribution in [0.15, 0.2) is 54.6 Å². The lowest BCUT2D eigenvalue weighted by molar-refractivity contribution is 0.208. The number of benzene rings is 2. The van der Waals surface area contributed by atoms with Crippen molar-refractivity contribution in [3.05, 3.63) is 66.0 Å². The summed E-state index contributed by atoms with van der Waals surface area (Å²) in [6, 6.07) is 15.5. The van der Waals surface area contributed by atoms with Crippen molar-refractivity contribution in [2.24, 2.45) is 0 Å². The monoisotopic (exact) mass is 300 g/mol. The molecule has 4 heteroatoms. The van der Waals surface area contributed by atoms with Gasteiger partial charge in [0.05, 0.1) is 0 Å². The summed E-state index contributed by atoms with van der Waals surface area (Å²) in [5.41, 5.74) is 1.69. The molecule has 0 bridgehead atoms. The van der Waals surface area contributed by atoms with Crippen molar-refractivity contribution in [1.29, 1.82) is 0 Å². The number of carbonyl (C=O) groups is 1. The van der Waals surface area contributed by atoms with Gasteiger partial charge in [-0.2, -0.15) is 0 Å². The second-order valence-corrected chi connectivity index (χ2v) is 5.20. The Balaban J connectivity index is 2.03. The molecule has 0 aliphatic rings. The van der Waals surface area contributed by atoms with Crippen molar-refractivity contribution in [1.82, 2.24) is 4.90 Å². The maximum atomic E-state index is 12.9. The number of hydrogen-bond donors (Lipinski definition) is 1. The number of carbonyl (C=O) groups excluding carboxylic acids is 1. The summed E-state index contributed by atoms with van der Waals surface area (Å²) in [5, 5.41) is 2.82. The van der Waals surface area contributed by atoms with Crippen LogP contribution in [-0.2, 0) is 6.54 Å². The van der Waals surface area contributed by atoms with E-state index in [0.717, 1.165) is 18.4 Å². The Morgan fingerprint density at radius 3 is 2.41 bits per heavy atom. The number of anilines is 1. The smallest absolute Gasteiger partial charge is 0.320 e. The molecule has 116 valence electrons. The van der Waals surface area contributed by atoms with Crippen molar-refractivity contribution in [2.45, 2.75) is 26.3 Å². The van der Waals surface area contributed by atoms with Crippen molar-refractivity contribution in [3.8, 4) is 0 Å². The highest BCUT2D eigenvalue weighted by Crippen LogP contribution is 2.12. The Hall–Kier alpha value is -2.36. The predicted molar refractivity (Wildman–Crippen MR) is 87.2 cm³/mol. The van der Waals surface area contributed by atoms with Gasteiger partial charge in [0.1, 0.15) is 5.82 Å². The lowest BCUT2D eigenvalue weighted by Crippen LogP contribution is -2.35. The Bertz CT molecular complexity index is 584. The molecule has 0 radical (unpaired) electrons. The summed E-state index contributed by atoms with van der Waals surface area (Å²) in [6.07, 6.45) is 1.97. The first kappa shape index (κ1) is 16.0.